The van der Waals surface area contributed by atoms with Crippen LogP contribution in [0.15, 0.2) is 0 Å². The van der Waals surface area contributed by atoms with Crippen LogP contribution in [-0.4, -0.2) is 146 Å². The van der Waals surface area contributed by atoms with Crippen LogP contribution in [0.5, 0.6) is 0 Å². The van der Waals surface area contributed by atoms with Crippen LogP contribution < -0.4 is 0 Å². The Kier molecular flexibility index (Phi) is 52.4. The molecule has 528 valence electrons. The number of hydrogen-bond acceptors (Lipinski definition) is 12. The van der Waals surface area contributed by atoms with E-state index in [9.17, 15) is 35.0 Å². The maximum Gasteiger partial charge on any atom is 0.532 e. The first-order chi connectivity index (χ1) is 38.1. The molecule has 0 N–H and O–H groups in total. The molecule has 0 aliphatic carbocycles. The Balaban J connectivity index is -0.000000508. The Labute approximate surface area is 532 Å². The van der Waals surface area contributed by atoms with Crippen LogP contribution in [0.2, 0.25) is 0 Å². The predicted octanol–water partition coefficient (Wildman–Crippen LogP) is 25.7. The van der Waals surface area contributed by atoms with Crippen LogP contribution in [0.4, 0.5) is 16.8 Å². The zero-order valence-electron chi connectivity index (χ0n) is 58.1. The first-order valence-corrected chi connectivity index (χ1v) is 56.8. The van der Waals surface area contributed by atoms with Crippen molar-refractivity contribution in [1.29, 1.82) is 0 Å². The molecule has 0 aliphatic heterocycles. The third-order valence-electron chi connectivity index (χ3n) is 12.2. The highest BCUT2D eigenvalue weighted by Crippen LogP contribution is 2.73. The highest BCUT2D eigenvalue weighted by atomic mass is 32.3. The van der Waals surface area contributed by atoms with E-state index < -0.39 is 114 Å². The van der Waals surface area contributed by atoms with Crippen molar-refractivity contribution in [3.05, 3.63) is 0 Å². The lowest BCUT2D eigenvalue weighted by Crippen LogP contribution is -2.08. The van der Waals surface area contributed by atoms with Gasteiger partial charge in [-0.1, -0.05) is 158 Å². The molecule has 0 rings (SSSR count). The van der Waals surface area contributed by atoms with Crippen molar-refractivity contribution < 1.29 is 66.8 Å². The standard InChI is InChI=1S/4C14H34FO3PS2/c4*1-7-9-11-13-20(3,4)17-19(15,16)18-21(5,6)14-12-10-8-2/h4*7-14H2,1-6H3. The van der Waals surface area contributed by atoms with Gasteiger partial charge in [-0.05, 0) is 197 Å². The summed E-state index contributed by atoms with van der Waals surface area (Å²) < 4.78 is 147. The van der Waals surface area contributed by atoms with Gasteiger partial charge in [0.05, 0.1) is 0 Å². The molecule has 0 aromatic rings. The van der Waals surface area contributed by atoms with Crippen molar-refractivity contribution in [3.63, 3.8) is 0 Å². The molecular formula is C56H136F4O12P4S8. The van der Waals surface area contributed by atoms with E-state index in [1.54, 1.807) is 0 Å². The molecule has 0 amide bonds. The molecule has 0 aromatic heterocycles. The zero-order chi connectivity index (χ0) is 66.3. The van der Waals surface area contributed by atoms with Crippen LogP contribution in [0.25, 0.3) is 0 Å². The van der Waals surface area contributed by atoms with Crippen molar-refractivity contribution in [2.24, 2.45) is 0 Å². The first kappa shape index (κ1) is 93.5. The number of hydrogen-bond donors (Lipinski definition) is 0. The lowest BCUT2D eigenvalue weighted by Gasteiger charge is -2.36. The summed E-state index contributed by atoms with van der Waals surface area (Å²) in [5.41, 5.74) is 0. The fraction of sp³-hybridized carbons (Fsp3) is 1.00. The minimum Gasteiger partial charge on any atom is -0.234 e. The molecule has 0 aromatic carbocycles. The molecule has 0 aliphatic rings. The largest absolute Gasteiger partial charge is 0.532 e. The lowest BCUT2D eigenvalue weighted by molar-refractivity contribution is 0.365. The van der Waals surface area contributed by atoms with E-state index in [0.717, 1.165) is 200 Å². The quantitative estimate of drug-likeness (QED) is 0.0325. The Morgan fingerprint density at radius 3 is 0.357 bits per heavy atom. The predicted molar refractivity (Wildman–Crippen MR) is 394 cm³/mol. The molecule has 0 saturated carbocycles. The molecule has 12 nitrogen and oxygen atoms in total. The highest BCUT2D eigenvalue weighted by molar-refractivity contribution is 8.34. The summed E-state index contributed by atoms with van der Waals surface area (Å²) >= 11 is 0. The summed E-state index contributed by atoms with van der Waals surface area (Å²) in [7, 11) is -31.1. The molecule has 0 bridgehead atoms. The van der Waals surface area contributed by atoms with Gasteiger partial charge in [0.15, 0.2) is 0 Å². The fourth-order valence-electron chi connectivity index (χ4n) is 7.87. The van der Waals surface area contributed by atoms with E-state index in [0.29, 0.717) is 0 Å². The van der Waals surface area contributed by atoms with Crippen molar-refractivity contribution in [2.45, 2.75) is 209 Å². The van der Waals surface area contributed by atoms with E-state index in [1.165, 1.54) is 0 Å². The Hall–Kier alpha value is 3.12. The van der Waals surface area contributed by atoms with Crippen LogP contribution in [0.3, 0.4) is 0 Å². The molecule has 0 heterocycles. The summed E-state index contributed by atoms with van der Waals surface area (Å²) in [5.74, 6) is 6.14. The Morgan fingerprint density at radius 2 is 0.286 bits per heavy atom. The second-order valence-electron chi connectivity index (χ2n) is 25.1. The van der Waals surface area contributed by atoms with Gasteiger partial charge in [0, 0.05) is 0 Å². The number of halogens is 4. The molecule has 0 atom stereocenters. The summed E-state index contributed by atoms with van der Waals surface area (Å²) in [4.78, 5) is 0. The molecule has 84 heavy (non-hydrogen) atoms. The molecular weight excluding hydrogens is 1320 g/mol. The normalized spacial score (nSPS) is 15.2. The molecule has 0 radical (unpaired) electrons. The number of rotatable bonds is 48. The van der Waals surface area contributed by atoms with E-state index in [-0.39, 0.29) is 0 Å². The van der Waals surface area contributed by atoms with Crippen LogP contribution in [-0.2, 0) is 50.0 Å². The van der Waals surface area contributed by atoms with Gasteiger partial charge < -0.3 is 0 Å². The lowest BCUT2D eigenvalue weighted by atomic mass is 10.3. The van der Waals surface area contributed by atoms with Crippen molar-refractivity contribution in [1.82, 2.24) is 0 Å². The zero-order valence-corrected chi connectivity index (χ0v) is 68.2. The molecule has 0 spiro atoms. The third-order valence-corrected chi connectivity index (χ3v) is 41.0. The average molecular weight is 1460 g/mol. The minimum absolute atomic E-state index is 0.768. The van der Waals surface area contributed by atoms with Crippen molar-refractivity contribution in [2.75, 3.05) is 146 Å². The third kappa shape index (κ3) is 61.3. The van der Waals surface area contributed by atoms with Crippen LogP contribution in [0, 0.1) is 0 Å². The monoisotopic (exact) mass is 1460 g/mol. The number of unbranched alkanes of at least 4 members (excludes halogenated alkanes) is 16. The Bertz CT molecular complexity index is 1500. The summed E-state index contributed by atoms with van der Waals surface area (Å²) in [6.45, 7) is 17.0. The molecule has 28 heteroatoms. The average Bonchev–Trinajstić information content (AvgIpc) is 3.27. The van der Waals surface area contributed by atoms with E-state index in [1.807, 2.05) is 100 Å². The van der Waals surface area contributed by atoms with Gasteiger partial charge in [0.25, 0.3) is 0 Å². The SMILES string of the molecule is CCCCCS(C)(C)OP(=O)(F)OS(C)(C)CCCCC.CCCCCS(C)(C)OP(=O)(F)OS(C)(C)CCCCC.CCCCCS(C)(C)OP(=O)(F)OS(C)(C)CCCCC.CCCCCS(C)(C)OP(=O)(F)OS(C)(C)CCCCC. The van der Waals surface area contributed by atoms with E-state index >= 15 is 0 Å². The minimum atomic E-state index is -4.46. The highest BCUT2D eigenvalue weighted by Gasteiger charge is 2.39. The summed E-state index contributed by atoms with van der Waals surface area (Å²) in [5, 5.41) is 0. The van der Waals surface area contributed by atoms with Gasteiger partial charge in [-0.3, -0.25) is 0 Å². The first-order valence-electron chi connectivity index (χ1n) is 30.7. The van der Waals surface area contributed by atoms with Crippen molar-refractivity contribution >= 4 is 114 Å². The second kappa shape index (κ2) is 47.1. The van der Waals surface area contributed by atoms with E-state index in [2.05, 4.69) is 55.4 Å². The van der Waals surface area contributed by atoms with Gasteiger partial charge in [-0.25, -0.2) is 50.0 Å². The molecule has 0 unspecified atom stereocenters. The fourth-order valence-corrected chi connectivity index (χ4v) is 34.2. The maximum absolute atomic E-state index is 14.3. The summed E-state index contributed by atoms with van der Waals surface area (Å²) in [6, 6.07) is 0. The topological polar surface area (TPSA) is 142 Å². The van der Waals surface area contributed by atoms with Crippen LogP contribution >= 0.6 is 114 Å². The van der Waals surface area contributed by atoms with E-state index in [4.69, 9.17) is 31.8 Å². The van der Waals surface area contributed by atoms with Gasteiger partial charge >= 0.3 is 31.6 Å². The van der Waals surface area contributed by atoms with Crippen molar-refractivity contribution in [3.8, 4) is 0 Å². The van der Waals surface area contributed by atoms with Gasteiger partial charge in [0.1, 0.15) is 0 Å². The summed E-state index contributed by atoms with van der Waals surface area (Å²) in [6.07, 6.45) is 55.1. The Morgan fingerprint density at radius 1 is 0.202 bits per heavy atom. The van der Waals surface area contributed by atoms with Crippen LogP contribution in [0.1, 0.15) is 209 Å². The van der Waals surface area contributed by atoms with Gasteiger partial charge in [0.2, 0.25) is 0 Å². The molecule has 0 fully saturated rings. The van der Waals surface area contributed by atoms with Gasteiger partial charge in [-0.2, -0.15) is 0 Å². The molecule has 0 saturated heterocycles. The smallest absolute Gasteiger partial charge is 0.234 e. The second-order valence-corrected chi connectivity index (χ2v) is 59.6. The maximum atomic E-state index is 14.3. The van der Waals surface area contributed by atoms with Gasteiger partial charge in [-0.15, -0.1) is 99.3 Å².